The molecule has 1 aliphatic heterocycles. The van der Waals surface area contributed by atoms with Crippen LogP contribution in [0.5, 0.6) is 0 Å². The first-order valence-electron chi connectivity index (χ1n) is 8.97. The first-order valence-corrected chi connectivity index (χ1v) is 8.97. The summed E-state index contributed by atoms with van der Waals surface area (Å²) in [5.41, 5.74) is 0.555. The van der Waals surface area contributed by atoms with E-state index in [1.165, 1.54) is 5.56 Å². The smallest absolute Gasteiger partial charge is 0.368 e. The molecular weight excluding hydrogens is 353 g/mol. The fourth-order valence-electron chi connectivity index (χ4n) is 3.93. The van der Waals surface area contributed by atoms with Crippen LogP contribution in [-0.4, -0.2) is 17.6 Å². The minimum Gasteiger partial charge on any atom is -0.368 e. The van der Waals surface area contributed by atoms with E-state index in [-0.39, 0.29) is 16.9 Å². The highest BCUT2D eigenvalue weighted by atomic mass is 19.4. The molecule has 0 saturated carbocycles. The third kappa shape index (κ3) is 3.56. The fourth-order valence-corrected chi connectivity index (χ4v) is 3.93. The molecule has 1 fully saturated rings. The average Bonchev–Trinajstić information content (AvgIpc) is 3.09. The number of alkyl halides is 3. The molecule has 0 bridgehead atoms. The van der Waals surface area contributed by atoms with E-state index in [2.05, 4.69) is 22.0 Å². The molecule has 3 nitrogen and oxygen atoms in total. The van der Waals surface area contributed by atoms with Crippen LogP contribution in [0.1, 0.15) is 24.0 Å². The van der Waals surface area contributed by atoms with Crippen LogP contribution in [0.25, 0.3) is 10.9 Å². The Morgan fingerprint density at radius 3 is 2.59 bits per heavy atom. The van der Waals surface area contributed by atoms with Gasteiger partial charge in [0.05, 0.1) is 5.56 Å². The van der Waals surface area contributed by atoms with E-state index in [0.29, 0.717) is 6.07 Å². The summed E-state index contributed by atoms with van der Waals surface area (Å²) in [5.74, 6) is 0. The van der Waals surface area contributed by atoms with Crippen LogP contribution in [0, 0.1) is 0 Å². The zero-order valence-corrected chi connectivity index (χ0v) is 14.6. The maximum absolute atomic E-state index is 13.4. The number of halogens is 3. The lowest BCUT2D eigenvalue weighted by molar-refractivity contribution is -0.136. The van der Waals surface area contributed by atoms with Crippen LogP contribution in [0.15, 0.2) is 59.4 Å². The Hall–Kier alpha value is -2.76. The molecule has 1 aliphatic rings. The number of aromatic amines is 1. The van der Waals surface area contributed by atoms with Crippen molar-refractivity contribution in [1.82, 2.24) is 4.98 Å². The molecule has 1 saturated heterocycles. The van der Waals surface area contributed by atoms with Gasteiger partial charge in [0.2, 0.25) is 5.56 Å². The van der Waals surface area contributed by atoms with Crippen LogP contribution >= 0.6 is 0 Å². The maximum Gasteiger partial charge on any atom is 0.417 e. The highest BCUT2D eigenvalue weighted by Gasteiger charge is 2.34. The van der Waals surface area contributed by atoms with E-state index in [4.69, 9.17) is 0 Å². The molecule has 1 unspecified atom stereocenters. The number of nitrogens with one attached hydrogen (secondary N) is 1. The summed E-state index contributed by atoms with van der Waals surface area (Å²) in [4.78, 5) is 16.3. The van der Waals surface area contributed by atoms with Gasteiger partial charge in [-0.2, -0.15) is 13.2 Å². The van der Waals surface area contributed by atoms with Gasteiger partial charge in [0.25, 0.3) is 0 Å². The Morgan fingerprint density at radius 2 is 1.85 bits per heavy atom. The van der Waals surface area contributed by atoms with Gasteiger partial charge < -0.3 is 9.88 Å². The number of hydrogen-bond donors (Lipinski definition) is 1. The van der Waals surface area contributed by atoms with E-state index in [0.717, 1.165) is 31.5 Å². The van der Waals surface area contributed by atoms with Crippen molar-refractivity contribution in [1.29, 1.82) is 0 Å². The number of rotatable bonds is 3. The number of benzene rings is 2. The van der Waals surface area contributed by atoms with Crippen molar-refractivity contribution in [2.45, 2.75) is 31.5 Å². The van der Waals surface area contributed by atoms with E-state index >= 15 is 0 Å². The number of nitrogens with zero attached hydrogens (tertiary/aromatic N) is 1. The van der Waals surface area contributed by atoms with Crippen molar-refractivity contribution in [3.8, 4) is 0 Å². The molecule has 2 aromatic carbocycles. The second kappa shape index (κ2) is 6.76. The lowest BCUT2D eigenvalue weighted by atomic mass is 10.0. The van der Waals surface area contributed by atoms with Crippen molar-refractivity contribution in [3.05, 3.63) is 76.1 Å². The van der Waals surface area contributed by atoms with Crippen LogP contribution in [0.2, 0.25) is 0 Å². The predicted octanol–water partition coefficient (Wildman–Crippen LogP) is 4.76. The van der Waals surface area contributed by atoms with E-state index in [1.54, 1.807) is 18.2 Å². The monoisotopic (exact) mass is 372 g/mol. The summed E-state index contributed by atoms with van der Waals surface area (Å²) in [6.07, 6.45) is -1.70. The largest absolute Gasteiger partial charge is 0.417 e. The molecule has 1 N–H and O–H groups in total. The first kappa shape index (κ1) is 17.6. The molecular formula is C21H19F3N2O. The van der Waals surface area contributed by atoms with Gasteiger partial charge >= 0.3 is 6.18 Å². The maximum atomic E-state index is 13.4. The summed E-state index contributed by atoms with van der Waals surface area (Å²) in [5, 5.41) is 0.0324. The molecule has 0 aliphatic carbocycles. The number of hydrogen-bond acceptors (Lipinski definition) is 2. The summed E-state index contributed by atoms with van der Waals surface area (Å²) < 4.78 is 40.2. The normalized spacial score (nSPS) is 17.6. The van der Waals surface area contributed by atoms with Crippen LogP contribution < -0.4 is 10.5 Å². The highest BCUT2D eigenvalue weighted by Crippen LogP contribution is 2.36. The molecule has 6 heteroatoms. The zero-order chi connectivity index (χ0) is 19.0. The summed E-state index contributed by atoms with van der Waals surface area (Å²) >= 11 is 0. The number of fused-ring (bicyclic) bond motifs is 1. The number of anilines is 1. The highest BCUT2D eigenvalue weighted by molar-refractivity contribution is 5.86. The van der Waals surface area contributed by atoms with Gasteiger partial charge in [-0.15, -0.1) is 0 Å². The average molecular weight is 372 g/mol. The van der Waals surface area contributed by atoms with Crippen molar-refractivity contribution in [2.75, 3.05) is 11.4 Å². The minimum absolute atomic E-state index is 0.0324. The predicted molar refractivity (Wildman–Crippen MR) is 100 cm³/mol. The molecule has 0 radical (unpaired) electrons. The Balaban J connectivity index is 1.73. The van der Waals surface area contributed by atoms with Gasteiger partial charge in [0, 0.05) is 35.2 Å². The second-order valence-corrected chi connectivity index (χ2v) is 6.95. The van der Waals surface area contributed by atoms with Gasteiger partial charge in [-0.1, -0.05) is 30.3 Å². The molecule has 140 valence electrons. The molecule has 4 rings (SSSR count). The van der Waals surface area contributed by atoms with E-state index < -0.39 is 17.3 Å². The van der Waals surface area contributed by atoms with Gasteiger partial charge in [0.15, 0.2) is 0 Å². The zero-order valence-electron chi connectivity index (χ0n) is 14.6. The molecule has 3 aromatic rings. The van der Waals surface area contributed by atoms with Crippen LogP contribution in [-0.2, 0) is 12.6 Å². The summed E-state index contributed by atoms with van der Waals surface area (Å²) in [6, 6.07) is 15.9. The van der Waals surface area contributed by atoms with Crippen LogP contribution in [0.4, 0.5) is 18.9 Å². The van der Waals surface area contributed by atoms with Crippen molar-refractivity contribution < 1.29 is 13.2 Å². The van der Waals surface area contributed by atoms with Gasteiger partial charge in [-0.05, 0) is 43.0 Å². The van der Waals surface area contributed by atoms with Gasteiger partial charge in [-0.25, -0.2) is 0 Å². The van der Waals surface area contributed by atoms with Gasteiger partial charge in [-0.3, -0.25) is 4.79 Å². The standard InChI is InChI=1S/C21H19F3N2O/c22-21(23,24)18-13-20(27)25-19-9-8-16(12-17(18)19)26-10-4-7-15(26)11-14-5-2-1-3-6-14/h1-3,5-6,8-9,12-13,15H,4,7,10-11H2,(H,25,27). The summed E-state index contributed by atoms with van der Waals surface area (Å²) in [7, 11) is 0. The van der Waals surface area contributed by atoms with Crippen LogP contribution in [0.3, 0.4) is 0 Å². The topological polar surface area (TPSA) is 36.1 Å². The Kier molecular flexibility index (Phi) is 4.42. The third-order valence-corrected chi connectivity index (χ3v) is 5.15. The van der Waals surface area contributed by atoms with Crippen molar-refractivity contribution in [2.24, 2.45) is 0 Å². The minimum atomic E-state index is -4.57. The molecule has 2 heterocycles. The second-order valence-electron chi connectivity index (χ2n) is 6.95. The number of aromatic nitrogens is 1. The molecule has 0 amide bonds. The lowest BCUT2D eigenvalue weighted by Crippen LogP contribution is -2.31. The summed E-state index contributed by atoms with van der Waals surface area (Å²) in [6.45, 7) is 0.813. The lowest BCUT2D eigenvalue weighted by Gasteiger charge is -2.27. The Bertz CT molecular complexity index is 1010. The SMILES string of the molecule is O=c1cc(C(F)(F)F)c2cc(N3CCCC3Cc3ccccc3)ccc2[nH]1. The number of pyridine rings is 1. The quantitative estimate of drug-likeness (QED) is 0.720. The van der Waals surface area contributed by atoms with E-state index in [1.807, 2.05) is 18.2 Å². The molecule has 27 heavy (non-hydrogen) atoms. The Labute approximate surface area is 154 Å². The van der Waals surface area contributed by atoms with Crippen molar-refractivity contribution >= 4 is 16.6 Å². The first-order chi connectivity index (χ1) is 12.9. The fraction of sp³-hybridized carbons (Fsp3) is 0.286. The van der Waals surface area contributed by atoms with E-state index in [9.17, 15) is 18.0 Å². The Morgan fingerprint density at radius 1 is 1.07 bits per heavy atom. The number of H-pyrrole nitrogens is 1. The van der Waals surface area contributed by atoms with Crippen molar-refractivity contribution in [3.63, 3.8) is 0 Å². The molecule has 1 aromatic heterocycles. The van der Waals surface area contributed by atoms with Gasteiger partial charge in [0.1, 0.15) is 0 Å². The third-order valence-electron chi connectivity index (χ3n) is 5.15. The molecule has 1 atom stereocenters. The molecule has 0 spiro atoms.